The summed E-state index contributed by atoms with van der Waals surface area (Å²) in [6, 6.07) is 14.8. The number of benzene rings is 2. The van der Waals surface area contributed by atoms with E-state index in [0.717, 1.165) is 17.2 Å². The lowest BCUT2D eigenvalue weighted by Crippen LogP contribution is -3.08. The van der Waals surface area contributed by atoms with Gasteiger partial charge in [-0.3, -0.25) is 4.79 Å². The number of carbonyl (C=O) groups is 1. The number of aryl methyl sites for hydroxylation is 2. The van der Waals surface area contributed by atoms with Crippen molar-refractivity contribution in [1.29, 1.82) is 0 Å². The largest absolute Gasteiger partial charge is 0.497 e. The molecular formula is C23H31N2O2+. The number of ether oxygens (including phenoxy) is 1. The first-order valence-corrected chi connectivity index (χ1v) is 9.90. The summed E-state index contributed by atoms with van der Waals surface area (Å²) in [5.74, 6) is 0.944. The monoisotopic (exact) mass is 367 g/mol. The molecule has 0 saturated carbocycles. The van der Waals surface area contributed by atoms with Crippen molar-refractivity contribution in [2.75, 3.05) is 20.7 Å². The van der Waals surface area contributed by atoms with Crippen molar-refractivity contribution in [2.24, 2.45) is 0 Å². The molecule has 2 atom stereocenters. The first kappa shape index (κ1) is 19.4. The van der Waals surface area contributed by atoms with Crippen LogP contribution in [0.2, 0.25) is 0 Å². The minimum atomic E-state index is 0.0403. The Balaban J connectivity index is 1.51. The highest BCUT2D eigenvalue weighted by Crippen LogP contribution is 2.24. The van der Waals surface area contributed by atoms with Gasteiger partial charge in [0.25, 0.3) is 5.91 Å². The summed E-state index contributed by atoms with van der Waals surface area (Å²) in [5.41, 5.74) is 5.34. The molecule has 1 amide bonds. The number of rotatable bonds is 7. The third-order valence-corrected chi connectivity index (χ3v) is 5.38. The zero-order chi connectivity index (χ0) is 19.2. The number of quaternary nitrogens is 1. The lowest BCUT2D eigenvalue weighted by Gasteiger charge is -2.21. The molecule has 0 heterocycles. The van der Waals surface area contributed by atoms with Crippen molar-refractivity contribution >= 4 is 5.91 Å². The first-order valence-electron chi connectivity index (χ1n) is 9.90. The number of methoxy groups -OCH3 is 1. The molecule has 0 fully saturated rings. The van der Waals surface area contributed by atoms with E-state index in [2.05, 4.69) is 42.6 Å². The van der Waals surface area contributed by atoms with Gasteiger partial charge >= 0.3 is 0 Å². The summed E-state index contributed by atoms with van der Waals surface area (Å²) < 4.78 is 5.19. The number of carbonyl (C=O) groups excluding carboxylic acids is 1. The number of fused-ring (bicyclic) bond motifs is 1. The second-order valence-corrected chi connectivity index (χ2v) is 7.68. The maximum Gasteiger partial charge on any atom is 0.275 e. The molecule has 2 N–H and O–H groups in total. The van der Waals surface area contributed by atoms with Crippen molar-refractivity contribution in [1.82, 2.24) is 5.32 Å². The van der Waals surface area contributed by atoms with Crippen LogP contribution >= 0.6 is 0 Å². The van der Waals surface area contributed by atoms with E-state index in [9.17, 15) is 4.79 Å². The van der Waals surface area contributed by atoms with Crippen molar-refractivity contribution in [2.45, 2.75) is 45.2 Å². The molecular weight excluding hydrogens is 336 g/mol. The van der Waals surface area contributed by atoms with Gasteiger partial charge in [0.15, 0.2) is 6.54 Å². The second kappa shape index (κ2) is 9.05. The van der Waals surface area contributed by atoms with Gasteiger partial charge in [0, 0.05) is 5.56 Å². The van der Waals surface area contributed by atoms with Crippen LogP contribution in [-0.4, -0.2) is 26.6 Å². The Morgan fingerprint density at radius 1 is 1.11 bits per heavy atom. The molecule has 3 rings (SSSR count). The van der Waals surface area contributed by atoms with Crippen LogP contribution in [0.3, 0.4) is 0 Å². The molecule has 144 valence electrons. The van der Waals surface area contributed by atoms with Gasteiger partial charge in [-0.15, -0.1) is 0 Å². The molecule has 0 radical (unpaired) electrons. The molecule has 4 nitrogen and oxygen atoms in total. The minimum Gasteiger partial charge on any atom is -0.497 e. The molecule has 1 aliphatic carbocycles. The summed E-state index contributed by atoms with van der Waals surface area (Å²) in [4.78, 5) is 13.6. The Labute approximate surface area is 162 Å². The Kier molecular flexibility index (Phi) is 6.51. The van der Waals surface area contributed by atoms with Crippen LogP contribution in [0.5, 0.6) is 5.75 Å². The summed E-state index contributed by atoms with van der Waals surface area (Å²) in [6.45, 7) is 3.34. The summed E-state index contributed by atoms with van der Waals surface area (Å²) in [6.07, 6.45) is 4.92. The molecule has 0 aliphatic heterocycles. The molecule has 0 bridgehead atoms. The summed E-state index contributed by atoms with van der Waals surface area (Å²) >= 11 is 0. The number of likely N-dealkylation sites (N-methyl/N-ethyl adjacent to an activating group) is 1. The van der Waals surface area contributed by atoms with Crippen LogP contribution in [0.25, 0.3) is 0 Å². The molecule has 0 aromatic heterocycles. The predicted octanol–water partition coefficient (Wildman–Crippen LogP) is 2.47. The zero-order valence-electron chi connectivity index (χ0n) is 16.7. The highest BCUT2D eigenvalue weighted by molar-refractivity contribution is 5.77. The normalized spacial score (nSPS) is 15.5. The van der Waals surface area contributed by atoms with E-state index in [1.807, 2.05) is 19.2 Å². The molecule has 1 aliphatic rings. The highest BCUT2D eigenvalue weighted by atomic mass is 16.5. The maximum absolute atomic E-state index is 12.5. The molecule has 1 unspecified atom stereocenters. The van der Waals surface area contributed by atoms with Gasteiger partial charge in [0.1, 0.15) is 12.3 Å². The van der Waals surface area contributed by atoms with Crippen LogP contribution in [0, 0.1) is 0 Å². The van der Waals surface area contributed by atoms with E-state index in [4.69, 9.17) is 4.74 Å². The van der Waals surface area contributed by atoms with Crippen molar-refractivity contribution in [3.8, 4) is 5.75 Å². The third-order valence-electron chi connectivity index (χ3n) is 5.38. The Morgan fingerprint density at radius 2 is 1.81 bits per heavy atom. The SMILES string of the molecule is COc1ccc(C[NH+](C)CC(=O)N[C@H](C)c2ccc3c(c2)CCCC3)cc1. The van der Waals surface area contributed by atoms with Gasteiger partial charge in [0.2, 0.25) is 0 Å². The van der Waals surface area contributed by atoms with Crippen LogP contribution in [0.1, 0.15) is 48.1 Å². The third kappa shape index (κ3) is 5.33. The predicted molar refractivity (Wildman–Crippen MR) is 108 cm³/mol. The van der Waals surface area contributed by atoms with Gasteiger partial charge in [-0.25, -0.2) is 0 Å². The van der Waals surface area contributed by atoms with E-state index in [1.54, 1.807) is 7.11 Å². The van der Waals surface area contributed by atoms with Crippen molar-refractivity contribution in [3.05, 3.63) is 64.7 Å². The van der Waals surface area contributed by atoms with Crippen LogP contribution < -0.4 is 15.0 Å². The van der Waals surface area contributed by atoms with E-state index in [-0.39, 0.29) is 11.9 Å². The quantitative estimate of drug-likeness (QED) is 0.789. The van der Waals surface area contributed by atoms with Gasteiger partial charge < -0.3 is 15.0 Å². The Hall–Kier alpha value is -2.33. The molecule has 2 aromatic carbocycles. The summed E-state index contributed by atoms with van der Waals surface area (Å²) in [5, 5.41) is 3.16. The molecule has 0 spiro atoms. The van der Waals surface area contributed by atoms with Gasteiger partial charge in [-0.05, 0) is 73.6 Å². The van der Waals surface area contributed by atoms with E-state index >= 15 is 0 Å². The first-order chi connectivity index (χ1) is 13.0. The molecule has 27 heavy (non-hydrogen) atoms. The average Bonchev–Trinajstić information content (AvgIpc) is 2.68. The lowest BCUT2D eigenvalue weighted by molar-refractivity contribution is -0.885. The average molecular weight is 368 g/mol. The standard InChI is InChI=1S/C23H30N2O2/c1-17(20-11-10-19-6-4-5-7-21(19)14-20)24-23(26)16-25(2)15-18-8-12-22(27-3)13-9-18/h8-14,17H,4-7,15-16H2,1-3H3,(H,24,26)/p+1/t17-/m1/s1. The smallest absolute Gasteiger partial charge is 0.275 e. The Morgan fingerprint density at radius 3 is 2.52 bits per heavy atom. The van der Waals surface area contributed by atoms with Crippen LogP contribution in [0.4, 0.5) is 0 Å². The van der Waals surface area contributed by atoms with Gasteiger partial charge in [0.05, 0.1) is 20.2 Å². The van der Waals surface area contributed by atoms with E-state index < -0.39 is 0 Å². The Bertz CT molecular complexity index is 770. The molecule has 0 saturated heterocycles. The van der Waals surface area contributed by atoms with Crippen molar-refractivity contribution < 1.29 is 14.4 Å². The number of hydrogen-bond acceptors (Lipinski definition) is 2. The topological polar surface area (TPSA) is 42.8 Å². The van der Waals surface area contributed by atoms with E-state index in [0.29, 0.717) is 6.54 Å². The van der Waals surface area contributed by atoms with Gasteiger partial charge in [-0.2, -0.15) is 0 Å². The number of hydrogen-bond donors (Lipinski definition) is 2. The lowest BCUT2D eigenvalue weighted by atomic mass is 9.89. The van der Waals surface area contributed by atoms with E-state index in [1.165, 1.54) is 47.9 Å². The fourth-order valence-electron chi connectivity index (χ4n) is 3.83. The van der Waals surface area contributed by atoms with Crippen LogP contribution in [-0.2, 0) is 24.2 Å². The minimum absolute atomic E-state index is 0.0403. The number of nitrogens with one attached hydrogen (secondary N) is 2. The summed E-state index contributed by atoms with van der Waals surface area (Å²) in [7, 11) is 3.72. The maximum atomic E-state index is 12.5. The van der Waals surface area contributed by atoms with Crippen molar-refractivity contribution in [3.63, 3.8) is 0 Å². The molecule has 2 aromatic rings. The number of amides is 1. The van der Waals surface area contributed by atoms with Crippen LogP contribution in [0.15, 0.2) is 42.5 Å². The zero-order valence-corrected chi connectivity index (χ0v) is 16.7. The van der Waals surface area contributed by atoms with Gasteiger partial charge in [-0.1, -0.05) is 18.2 Å². The molecule has 4 heteroatoms. The second-order valence-electron chi connectivity index (χ2n) is 7.68. The fourth-order valence-corrected chi connectivity index (χ4v) is 3.83. The highest BCUT2D eigenvalue weighted by Gasteiger charge is 2.16. The fraction of sp³-hybridized carbons (Fsp3) is 0.435.